The summed E-state index contributed by atoms with van der Waals surface area (Å²) in [6.07, 6.45) is 2.22. The number of nitrogens with one attached hydrogen (secondary N) is 1. The lowest BCUT2D eigenvalue weighted by atomic mass is 10.1. The number of hydrogen-bond donors (Lipinski definition) is 1. The van der Waals surface area contributed by atoms with Gasteiger partial charge in [0.05, 0.1) is 17.4 Å². The van der Waals surface area contributed by atoms with Gasteiger partial charge in [-0.15, -0.1) is 0 Å². The summed E-state index contributed by atoms with van der Waals surface area (Å²) in [6, 6.07) is 13.5. The first-order valence-electron chi connectivity index (χ1n) is 8.49. The molecule has 1 aliphatic rings. The Labute approximate surface area is 151 Å². The van der Waals surface area contributed by atoms with Crippen LogP contribution in [-0.2, 0) is 14.6 Å². The lowest BCUT2D eigenvalue weighted by Crippen LogP contribution is -2.24. The van der Waals surface area contributed by atoms with E-state index < -0.39 is 15.8 Å². The zero-order chi connectivity index (χ0) is 18.3. The molecule has 0 saturated carbocycles. The highest BCUT2D eigenvalue weighted by molar-refractivity contribution is 7.91. The molecule has 3 heterocycles. The third-order valence-corrected chi connectivity index (χ3v) is 6.51. The second kappa shape index (κ2) is 6.25. The number of carbonyl (C=O) groups excluding carboxylic acids is 1. The number of aromatic nitrogens is 2. The molecule has 7 heteroatoms. The van der Waals surface area contributed by atoms with Gasteiger partial charge in [-0.3, -0.25) is 9.20 Å². The average Bonchev–Trinajstić information content (AvgIpc) is 3.17. The second-order valence-electron chi connectivity index (χ2n) is 6.65. The summed E-state index contributed by atoms with van der Waals surface area (Å²) in [5.74, 6) is -0.229. The van der Waals surface area contributed by atoms with Crippen LogP contribution < -0.4 is 5.32 Å². The van der Waals surface area contributed by atoms with Crippen molar-refractivity contribution in [1.82, 2.24) is 9.38 Å². The fourth-order valence-electron chi connectivity index (χ4n) is 3.34. The molecule has 1 aromatic carbocycles. The van der Waals surface area contributed by atoms with E-state index in [1.807, 2.05) is 60.0 Å². The Morgan fingerprint density at radius 1 is 1.19 bits per heavy atom. The fraction of sp³-hybridized carbons (Fsp3) is 0.263. The topological polar surface area (TPSA) is 80.5 Å². The Kier molecular flexibility index (Phi) is 4.03. The lowest BCUT2D eigenvalue weighted by molar-refractivity contribution is -0.119. The molecule has 2 aromatic heterocycles. The van der Waals surface area contributed by atoms with E-state index in [0.29, 0.717) is 17.9 Å². The van der Waals surface area contributed by atoms with Crippen LogP contribution in [0.2, 0.25) is 0 Å². The standard InChI is InChI=1S/C19H19N3O3S/c1-13-6-5-10-22-17(13)20-16(14-7-3-2-4-8-14)18(22)21-19(23)15-9-11-26(24,25)12-15/h2-8,10,15H,9,11-12H2,1H3,(H,21,23). The van der Waals surface area contributed by atoms with E-state index in [0.717, 1.165) is 16.8 Å². The smallest absolute Gasteiger partial charge is 0.229 e. The molecule has 0 bridgehead atoms. The zero-order valence-electron chi connectivity index (χ0n) is 14.3. The third kappa shape index (κ3) is 2.99. The van der Waals surface area contributed by atoms with Gasteiger partial charge in [-0.1, -0.05) is 36.4 Å². The lowest BCUT2D eigenvalue weighted by Gasteiger charge is -2.11. The van der Waals surface area contributed by atoms with Gasteiger partial charge in [0, 0.05) is 11.8 Å². The number of hydrogen-bond acceptors (Lipinski definition) is 4. The summed E-state index contributed by atoms with van der Waals surface area (Å²) in [7, 11) is -3.11. The van der Waals surface area contributed by atoms with Gasteiger partial charge >= 0.3 is 0 Å². The van der Waals surface area contributed by atoms with E-state index in [9.17, 15) is 13.2 Å². The number of anilines is 1. The quantitative estimate of drug-likeness (QED) is 0.770. The Balaban J connectivity index is 1.78. The minimum absolute atomic E-state index is 0.0723. The van der Waals surface area contributed by atoms with Crippen LogP contribution in [0.5, 0.6) is 0 Å². The number of rotatable bonds is 3. The van der Waals surface area contributed by atoms with E-state index in [2.05, 4.69) is 5.32 Å². The van der Waals surface area contributed by atoms with Crippen molar-refractivity contribution in [2.75, 3.05) is 16.8 Å². The second-order valence-corrected chi connectivity index (χ2v) is 8.88. The Morgan fingerprint density at radius 3 is 2.65 bits per heavy atom. The fourth-order valence-corrected chi connectivity index (χ4v) is 5.08. The van der Waals surface area contributed by atoms with Crippen LogP contribution in [0.4, 0.5) is 5.82 Å². The van der Waals surface area contributed by atoms with Gasteiger partial charge in [-0.05, 0) is 25.0 Å². The van der Waals surface area contributed by atoms with Crippen molar-refractivity contribution < 1.29 is 13.2 Å². The largest absolute Gasteiger partial charge is 0.310 e. The average molecular weight is 369 g/mol. The van der Waals surface area contributed by atoms with Crippen LogP contribution >= 0.6 is 0 Å². The molecule has 1 N–H and O–H groups in total. The normalized spacial score (nSPS) is 18.9. The van der Waals surface area contributed by atoms with Crippen LogP contribution in [0, 0.1) is 12.8 Å². The van der Waals surface area contributed by atoms with Crippen LogP contribution in [-0.4, -0.2) is 35.2 Å². The number of fused-ring (bicyclic) bond motifs is 1. The van der Waals surface area contributed by atoms with Crippen molar-refractivity contribution in [3.8, 4) is 11.3 Å². The minimum Gasteiger partial charge on any atom is -0.310 e. The van der Waals surface area contributed by atoms with Crippen LogP contribution in [0.3, 0.4) is 0 Å². The highest BCUT2D eigenvalue weighted by atomic mass is 32.2. The number of imidazole rings is 1. The summed E-state index contributed by atoms with van der Waals surface area (Å²) in [5, 5.41) is 2.94. The van der Waals surface area contributed by atoms with Crippen molar-refractivity contribution in [1.29, 1.82) is 0 Å². The number of aryl methyl sites for hydroxylation is 1. The van der Waals surface area contributed by atoms with Gasteiger partial charge in [0.25, 0.3) is 0 Å². The van der Waals surface area contributed by atoms with Crippen LogP contribution in [0.1, 0.15) is 12.0 Å². The number of amides is 1. The molecule has 26 heavy (non-hydrogen) atoms. The van der Waals surface area contributed by atoms with Crippen LogP contribution in [0.15, 0.2) is 48.7 Å². The van der Waals surface area contributed by atoms with Crippen molar-refractivity contribution in [2.45, 2.75) is 13.3 Å². The Bertz CT molecular complexity index is 1090. The van der Waals surface area contributed by atoms with Gasteiger partial charge in [-0.25, -0.2) is 13.4 Å². The molecule has 0 aliphatic carbocycles. The number of carbonyl (C=O) groups is 1. The molecule has 1 unspecified atom stereocenters. The molecule has 1 amide bonds. The highest BCUT2D eigenvalue weighted by Crippen LogP contribution is 2.31. The van der Waals surface area contributed by atoms with E-state index in [4.69, 9.17) is 4.98 Å². The highest BCUT2D eigenvalue weighted by Gasteiger charge is 2.33. The van der Waals surface area contributed by atoms with E-state index >= 15 is 0 Å². The number of benzene rings is 1. The van der Waals surface area contributed by atoms with Crippen molar-refractivity contribution >= 4 is 27.2 Å². The SMILES string of the molecule is Cc1cccn2c(NC(=O)C3CCS(=O)(=O)C3)c(-c3ccccc3)nc12. The predicted octanol–water partition coefficient (Wildman–Crippen LogP) is 2.68. The van der Waals surface area contributed by atoms with Crippen molar-refractivity contribution in [3.63, 3.8) is 0 Å². The maximum atomic E-state index is 12.7. The monoisotopic (exact) mass is 369 g/mol. The summed E-state index contributed by atoms with van der Waals surface area (Å²) in [4.78, 5) is 17.4. The number of nitrogens with zero attached hydrogens (tertiary/aromatic N) is 2. The molecule has 6 nitrogen and oxygen atoms in total. The van der Waals surface area contributed by atoms with Crippen molar-refractivity contribution in [2.24, 2.45) is 5.92 Å². The van der Waals surface area contributed by atoms with Crippen LogP contribution in [0.25, 0.3) is 16.9 Å². The molecular formula is C19H19N3O3S. The van der Waals surface area contributed by atoms with Crippen molar-refractivity contribution in [3.05, 3.63) is 54.2 Å². The predicted molar refractivity (Wildman–Crippen MR) is 101 cm³/mol. The molecular weight excluding hydrogens is 350 g/mol. The first kappa shape index (κ1) is 16.8. The maximum Gasteiger partial charge on any atom is 0.229 e. The summed E-state index contributed by atoms with van der Waals surface area (Å²) in [6.45, 7) is 1.96. The number of pyridine rings is 1. The molecule has 1 aliphatic heterocycles. The first-order chi connectivity index (χ1) is 12.4. The van der Waals surface area contributed by atoms with E-state index in [1.54, 1.807) is 0 Å². The minimum atomic E-state index is -3.11. The first-order valence-corrected chi connectivity index (χ1v) is 10.3. The third-order valence-electron chi connectivity index (χ3n) is 4.74. The summed E-state index contributed by atoms with van der Waals surface area (Å²) in [5.41, 5.74) is 3.33. The molecule has 0 spiro atoms. The molecule has 1 fully saturated rings. The summed E-state index contributed by atoms with van der Waals surface area (Å²) < 4.78 is 25.2. The Hall–Kier alpha value is -2.67. The summed E-state index contributed by atoms with van der Waals surface area (Å²) >= 11 is 0. The van der Waals surface area contributed by atoms with Gasteiger partial charge in [0.15, 0.2) is 9.84 Å². The molecule has 134 valence electrons. The Morgan fingerprint density at radius 2 is 1.96 bits per heavy atom. The zero-order valence-corrected chi connectivity index (χ0v) is 15.2. The molecule has 1 saturated heterocycles. The van der Waals surface area contributed by atoms with E-state index in [1.165, 1.54) is 0 Å². The van der Waals surface area contributed by atoms with Gasteiger partial charge < -0.3 is 5.32 Å². The van der Waals surface area contributed by atoms with Gasteiger partial charge in [0.2, 0.25) is 5.91 Å². The molecule has 4 rings (SSSR count). The maximum absolute atomic E-state index is 12.7. The molecule has 0 radical (unpaired) electrons. The van der Waals surface area contributed by atoms with Gasteiger partial charge in [0.1, 0.15) is 17.2 Å². The molecule has 1 atom stereocenters. The molecule has 3 aromatic rings. The van der Waals surface area contributed by atoms with E-state index in [-0.39, 0.29) is 17.4 Å². The van der Waals surface area contributed by atoms with Gasteiger partial charge in [-0.2, -0.15) is 0 Å². The number of sulfone groups is 1.